The fraction of sp³-hybridized carbons (Fsp3) is 0.600. The minimum absolute atomic E-state index is 0.0762. The molecular formula is C10H14N2O3S. The van der Waals surface area contributed by atoms with Gasteiger partial charge in [-0.3, -0.25) is 0 Å². The van der Waals surface area contributed by atoms with Gasteiger partial charge < -0.3 is 14.7 Å². The molecule has 1 aromatic heterocycles. The first-order chi connectivity index (χ1) is 7.75. The number of nitrogens with zero attached hydrogens (tertiary/aromatic N) is 2. The lowest BCUT2D eigenvalue weighted by Gasteiger charge is -2.31. The molecule has 2 heterocycles. The summed E-state index contributed by atoms with van der Waals surface area (Å²) in [5.41, 5.74) is 0. The lowest BCUT2D eigenvalue weighted by atomic mass is 10.1. The SMILES string of the molecule is O=C(O)COC1CCN(c2nccs2)CC1. The van der Waals surface area contributed by atoms with E-state index in [0.29, 0.717) is 0 Å². The normalized spacial score (nSPS) is 17.6. The van der Waals surface area contributed by atoms with E-state index in [-0.39, 0.29) is 12.7 Å². The molecule has 6 heteroatoms. The van der Waals surface area contributed by atoms with Crippen molar-refractivity contribution in [1.82, 2.24) is 4.98 Å². The predicted molar refractivity (Wildman–Crippen MR) is 60.9 cm³/mol. The van der Waals surface area contributed by atoms with Crippen molar-refractivity contribution in [1.29, 1.82) is 0 Å². The van der Waals surface area contributed by atoms with Crippen molar-refractivity contribution in [2.75, 3.05) is 24.6 Å². The molecule has 0 saturated carbocycles. The number of carboxylic acid groups (broad SMARTS) is 1. The molecule has 1 fully saturated rings. The molecular weight excluding hydrogens is 228 g/mol. The van der Waals surface area contributed by atoms with Gasteiger partial charge in [0.1, 0.15) is 6.61 Å². The predicted octanol–water partition coefficient (Wildman–Crippen LogP) is 1.21. The molecule has 88 valence electrons. The van der Waals surface area contributed by atoms with Crippen molar-refractivity contribution in [3.8, 4) is 0 Å². The number of hydrogen-bond donors (Lipinski definition) is 1. The summed E-state index contributed by atoms with van der Waals surface area (Å²) in [4.78, 5) is 16.8. The van der Waals surface area contributed by atoms with Crippen LogP contribution in [0.25, 0.3) is 0 Å². The van der Waals surface area contributed by atoms with Crippen LogP contribution in [-0.4, -0.2) is 41.9 Å². The maximum atomic E-state index is 10.3. The number of aliphatic carboxylic acids is 1. The average Bonchev–Trinajstić information content (AvgIpc) is 2.80. The van der Waals surface area contributed by atoms with Crippen LogP contribution in [0.4, 0.5) is 5.13 Å². The minimum atomic E-state index is -0.901. The third-order valence-corrected chi connectivity index (χ3v) is 3.41. The van der Waals surface area contributed by atoms with E-state index in [1.165, 1.54) is 0 Å². The summed E-state index contributed by atoms with van der Waals surface area (Å²) in [5.74, 6) is -0.901. The fourth-order valence-electron chi connectivity index (χ4n) is 1.77. The molecule has 1 aliphatic heterocycles. The molecule has 5 nitrogen and oxygen atoms in total. The average molecular weight is 242 g/mol. The van der Waals surface area contributed by atoms with Crippen molar-refractivity contribution in [3.63, 3.8) is 0 Å². The maximum Gasteiger partial charge on any atom is 0.329 e. The Hall–Kier alpha value is -1.14. The van der Waals surface area contributed by atoms with Crippen molar-refractivity contribution < 1.29 is 14.6 Å². The highest BCUT2D eigenvalue weighted by atomic mass is 32.1. The summed E-state index contributed by atoms with van der Waals surface area (Å²) in [6, 6.07) is 0. The Morgan fingerprint density at radius 2 is 2.38 bits per heavy atom. The highest BCUT2D eigenvalue weighted by Gasteiger charge is 2.21. The molecule has 0 atom stereocenters. The number of aromatic nitrogens is 1. The van der Waals surface area contributed by atoms with E-state index in [0.717, 1.165) is 31.1 Å². The second-order valence-corrected chi connectivity index (χ2v) is 4.58. The molecule has 0 radical (unpaired) electrons. The number of piperidine rings is 1. The van der Waals surface area contributed by atoms with Gasteiger partial charge in [0.25, 0.3) is 0 Å². The van der Waals surface area contributed by atoms with Gasteiger partial charge in [0, 0.05) is 24.7 Å². The van der Waals surface area contributed by atoms with Crippen LogP contribution in [0.3, 0.4) is 0 Å². The number of carboxylic acids is 1. The molecule has 1 N–H and O–H groups in total. The van der Waals surface area contributed by atoms with Crippen LogP contribution in [0.5, 0.6) is 0 Å². The van der Waals surface area contributed by atoms with E-state index >= 15 is 0 Å². The summed E-state index contributed by atoms with van der Waals surface area (Å²) < 4.78 is 5.27. The van der Waals surface area contributed by atoms with Gasteiger partial charge in [-0.25, -0.2) is 9.78 Å². The Labute approximate surface area is 97.7 Å². The van der Waals surface area contributed by atoms with E-state index in [1.807, 2.05) is 5.38 Å². The van der Waals surface area contributed by atoms with E-state index in [1.54, 1.807) is 17.5 Å². The van der Waals surface area contributed by atoms with Crippen LogP contribution in [0.1, 0.15) is 12.8 Å². The van der Waals surface area contributed by atoms with E-state index in [9.17, 15) is 4.79 Å². The zero-order valence-electron chi connectivity index (χ0n) is 8.83. The van der Waals surface area contributed by atoms with E-state index in [2.05, 4.69) is 9.88 Å². The Morgan fingerprint density at radius 1 is 1.62 bits per heavy atom. The molecule has 0 bridgehead atoms. The smallest absolute Gasteiger partial charge is 0.329 e. The van der Waals surface area contributed by atoms with Crippen LogP contribution < -0.4 is 4.90 Å². The van der Waals surface area contributed by atoms with Gasteiger partial charge in [-0.05, 0) is 12.8 Å². The number of ether oxygens (including phenoxy) is 1. The Balaban J connectivity index is 1.76. The molecule has 2 rings (SSSR count). The summed E-state index contributed by atoms with van der Waals surface area (Å²) in [6.45, 7) is 1.58. The first-order valence-corrected chi connectivity index (χ1v) is 6.11. The second-order valence-electron chi connectivity index (χ2n) is 3.71. The third-order valence-electron chi connectivity index (χ3n) is 2.57. The fourth-order valence-corrected chi connectivity index (χ4v) is 2.47. The number of thiazole rings is 1. The minimum Gasteiger partial charge on any atom is -0.480 e. The topological polar surface area (TPSA) is 62.7 Å². The first-order valence-electron chi connectivity index (χ1n) is 5.23. The van der Waals surface area contributed by atoms with Gasteiger partial charge in [-0.1, -0.05) is 0 Å². The number of hydrogen-bond acceptors (Lipinski definition) is 5. The lowest BCUT2D eigenvalue weighted by Crippen LogP contribution is -2.37. The molecule has 0 unspecified atom stereocenters. The number of anilines is 1. The highest BCUT2D eigenvalue weighted by Crippen LogP contribution is 2.22. The third kappa shape index (κ3) is 2.93. The van der Waals surface area contributed by atoms with E-state index in [4.69, 9.17) is 9.84 Å². The standard InChI is InChI=1S/C10H14N2O3S/c13-9(14)7-15-8-1-4-12(5-2-8)10-11-3-6-16-10/h3,6,8H,1-2,4-5,7H2,(H,13,14). The lowest BCUT2D eigenvalue weighted by molar-refractivity contribution is -0.144. The van der Waals surface area contributed by atoms with Crippen molar-refractivity contribution in [3.05, 3.63) is 11.6 Å². The molecule has 0 aromatic carbocycles. The van der Waals surface area contributed by atoms with Crippen molar-refractivity contribution >= 4 is 22.4 Å². The monoisotopic (exact) mass is 242 g/mol. The zero-order chi connectivity index (χ0) is 11.4. The van der Waals surface area contributed by atoms with Crippen molar-refractivity contribution in [2.24, 2.45) is 0 Å². The molecule has 1 aliphatic rings. The quantitative estimate of drug-likeness (QED) is 0.860. The molecule has 1 saturated heterocycles. The Kier molecular flexibility index (Phi) is 3.74. The van der Waals surface area contributed by atoms with Crippen molar-refractivity contribution in [2.45, 2.75) is 18.9 Å². The summed E-state index contributed by atoms with van der Waals surface area (Å²) in [5, 5.41) is 11.5. The van der Waals surface area contributed by atoms with Gasteiger partial charge in [-0.15, -0.1) is 11.3 Å². The largest absolute Gasteiger partial charge is 0.480 e. The molecule has 0 spiro atoms. The summed E-state index contributed by atoms with van der Waals surface area (Å²) in [7, 11) is 0. The Morgan fingerprint density at radius 3 is 2.94 bits per heavy atom. The van der Waals surface area contributed by atoms with Crippen LogP contribution >= 0.6 is 11.3 Å². The van der Waals surface area contributed by atoms with Crippen LogP contribution in [0.15, 0.2) is 11.6 Å². The van der Waals surface area contributed by atoms with Crippen LogP contribution in [-0.2, 0) is 9.53 Å². The van der Waals surface area contributed by atoms with Gasteiger partial charge in [0.15, 0.2) is 5.13 Å². The van der Waals surface area contributed by atoms with Crippen LogP contribution in [0.2, 0.25) is 0 Å². The summed E-state index contributed by atoms with van der Waals surface area (Å²) in [6.07, 6.45) is 3.61. The van der Waals surface area contributed by atoms with Gasteiger partial charge >= 0.3 is 5.97 Å². The molecule has 0 amide bonds. The maximum absolute atomic E-state index is 10.3. The molecule has 0 aliphatic carbocycles. The number of rotatable bonds is 4. The van der Waals surface area contributed by atoms with Gasteiger partial charge in [0.2, 0.25) is 0 Å². The first kappa shape index (κ1) is 11.3. The summed E-state index contributed by atoms with van der Waals surface area (Å²) >= 11 is 1.63. The second kappa shape index (κ2) is 5.27. The van der Waals surface area contributed by atoms with E-state index < -0.39 is 5.97 Å². The molecule has 16 heavy (non-hydrogen) atoms. The van der Waals surface area contributed by atoms with Gasteiger partial charge in [-0.2, -0.15) is 0 Å². The Bertz CT molecular complexity index is 334. The number of carbonyl (C=O) groups is 1. The molecule has 1 aromatic rings. The zero-order valence-corrected chi connectivity index (χ0v) is 9.65. The van der Waals surface area contributed by atoms with Gasteiger partial charge in [0.05, 0.1) is 6.10 Å². The van der Waals surface area contributed by atoms with Crippen LogP contribution in [0, 0.1) is 0 Å². The highest BCUT2D eigenvalue weighted by molar-refractivity contribution is 7.13.